The van der Waals surface area contributed by atoms with E-state index in [-0.39, 0.29) is 5.41 Å². The van der Waals surface area contributed by atoms with Crippen LogP contribution in [0, 0.1) is 5.41 Å². The largest absolute Gasteiger partial charge is 0.383 e. The number of hydrogen-bond donors (Lipinski definition) is 1. The lowest BCUT2D eigenvalue weighted by atomic mass is 9.88. The molecule has 0 bridgehead atoms. The molecule has 0 aromatic carbocycles. The van der Waals surface area contributed by atoms with Crippen LogP contribution in [-0.2, 0) is 11.3 Å². The zero-order chi connectivity index (χ0) is 12.2. The normalized spacial score (nSPS) is 13.8. The molecule has 0 amide bonds. The van der Waals surface area contributed by atoms with E-state index in [4.69, 9.17) is 4.74 Å². The van der Waals surface area contributed by atoms with E-state index in [0.29, 0.717) is 12.6 Å². The van der Waals surface area contributed by atoms with E-state index in [2.05, 4.69) is 38.1 Å². The Morgan fingerprint density at radius 1 is 1.50 bits per heavy atom. The molecule has 4 nitrogen and oxygen atoms in total. The minimum atomic E-state index is 0.232. The van der Waals surface area contributed by atoms with Gasteiger partial charge in [0.15, 0.2) is 0 Å². The Balaban J connectivity index is 2.52. The number of anilines is 1. The molecule has 0 aliphatic carbocycles. The van der Waals surface area contributed by atoms with E-state index in [1.54, 1.807) is 7.11 Å². The van der Waals surface area contributed by atoms with Gasteiger partial charge in [0.25, 0.3) is 0 Å². The van der Waals surface area contributed by atoms with Crippen molar-refractivity contribution in [3.8, 4) is 0 Å². The molecule has 0 spiro atoms. The van der Waals surface area contributed by atoms with Crippen molar-refractivity contribution in [2.75, 3.05) is 19.0 Å². The van der Waals surface area contributed by atoms with Gasteiger partial charge in [-0.25, -0.2) is 0 Å². The standard InChI is InChI=1S/C12H23N3O/c1-10(12(2,3)4)13-11-6-7-15(14-11)8-9-16-5/h6-7,10H,8-9H2,1-5H3,(H,13,14). The first-order valence-corrected chi connectivity index (χ1v) is 5.72. The highest BCUT2D eigenvalue weighted by Gasteiger charge is 2.20. The van der Waals surface area contributed by atoms with Gasteiger partial charge in [-0.05, 0) is 12.3 Å². The minimum absolute atomic E-state index is 0.232. The van der Waals surface area contributed by atoms with Gasteiger partial charge < -0.3 is 10.1 Å². The van der Waals surface area contributed by atoms with Gasteiger partial charge in [0.05, 0.1) is 13.2 Å². The average Bonchev–Trinajstić information content (AvgIpc) is 2.61. The Morgan fingerprint density at radius 3 is 2.75 bits per heavy atom. The second kappa shape index (κ2) is 5.34. The highest BCUT2D eigenvalue weighted by atomic mass is 16.5. The summed E-state index contributed by atoms with van der Waals surface area (Å²) in [4.78, 5) is 0. The van der Waals surface area contributed by atoms with Crippen molar-refractivity contribution in [3.05, 3.63) is 12.3 Å². The van der Waals surface area contributed by atoms with Crippen LogP contribution in [0.5, 0.6) is 0 Å². The number of hydrogen-bond acceptors (Lipinski definition) is 3. The van der Waals surface area contributed by atoms with Crippen molar-refractivity contribution in [3.63, 3.8) is 0 Å². The third kappa shape index (κ3) is 3.85. The number of methoxy groups -OCH3 is 1. The maximum absolute atomic E-state index is 5.01. The Labute approximate surface area is 98.0 Å². The summed E-state index contributed by atoms with van der Waals surface area (Å²) in [6, 6.07) is 2.39. The Kier molecular flexibility index (Phi) is 4.35. The van der Waals surface area contributed by atoms with Gasteiger partial charge in [-0.3, -0.25) is 4.68 Å². The molecule has 1 unspecified atom stereocenters. The van der Waals surface area contributed by atoms with Crippen LogP contribution in [0.25, 0.3) is 0 Å². The van der Waals surface area contributed by atoms with Gasteiger partial charge >= 0.3 is 0 Å². The molecular formula is C12H23N3O. The molecule has 0 aliphatic heterocycles. The second-order valence-corrected chi connectivity index (χ2v) is 5.19. The summed E-state index contributed by atoms with van der Waals surface area (Å²) in [5.74, 6) is 0.929. The molecule has 92 valence electrons. The molecule has 0 saturated carbocycles. The fourth-order valence-corrected chi connectivity index (χ4v) is 1.19. The van der Waals surface area contributed by atoms with E-state index >= 15 is 0 Å². The predicted octanol–water partition coefficient (Wildman–Crippen LogP) is 2.38. The first-order valence-electron chi connectivity index (χ1n) is 5.72. The summed E-state index contributed by atoms with van der Waals surface area (Å²) in [5.41, 5.74) is 0.232. The number of nitrogens with zero attached hydrogens (tertiary/aromatic N) is 2. The van der Waals surface area contributed by atoms with E-state index < -0.39 is 0 Å². The number of aromatic nitrogens is 2. The van der Waals surface area contributed by atoms with Crippen molar-refractivity contribution in [2.24, 2.45) is 5.41 Å². The van der Waals surface area contributed by atoms with Gasteiger partial charge in [-0.15, -0.1) is 0 Å². The van der Waals surface area contributed by atoms with Crippen LogP contribution < -0.4 is 5.32 Å². The quantitative estimate of drug-likeness (QED) is 0.836. The zero-order valence-electron chi connectivity index (χ0n) is 10.9. The van der Waals surface area contributed by atoms with Crippen LogP contribution in [0.2, 0.25) is 0 Å². The Bertz CT molecular complexity index is 314. The van der Waals surface area contributed by atoms with Crippen LogP contribution in [0.4, 0.5) is 5.82 Å². The third-order valence-corrected chi connectivity index (χ3v) is 2.83. The van der Waals surface area contributed by atoms with Gasteiger partial charge in [-0.2, -0.15) is 5.10 Å². The molecule has 1 heterocycles. The molecule has 0 radical (unpaired) electrons. The summed E-state index contributed by atoms with van der Waals surface area (Å²) in [5, 5.41) is 7.83. The van der Waals surface area contributed by atoms with Crippen LogP contribution in [0.3, 0.4) is 0 Å². The summed E-state index contributed by atoms with van der Waals surface area (Å²) < 4.78 is 6.90. The maximum atomic E-state index is 5.01. The van der Waals surface area contributed by atoms with Crippen molar-refractivity contribution in [1.82, 2.24) is 9.78 Å². The molecule has 16 heavy (non-hydrogen) atoms. The third-order valence-electron chi connectivity index (χ3n) is 2.83. The average molecular weight is 225 g/mol. The molecule has 4 heteroatoms. The molecule has 0 fully saturated rings. The summed E-state index contributed by atoms with van der Waals surface area (Å²) >= 11 is 0. The van der Waals surface area contributed by atoms with Crippen molar-refractivity contribution in [1.29, 1.82) is 0 Å². The summed E-state index contributed by atoms with van der Waals surface area (Å²) in [7, 11) is 1.70. The minimum Gasteiger partial charge on any atom is -0.383 e. The lowest BCUT2D eigenvalue weighted by Gasteiger charge is -2.27. The van der Waals surface area contributed by atoms with Crippen molar-refractivity contribution in [2.45, 2.75) is 40.3 Å². The Morgan fingerprint density at radius 2 is 2.19 bits per heavy atom. The molecule has 0 aliphatic rings. The smallest absolute Gasteiger partial charge is 0.148 e. The zero-order valence-corrected chi connectivity index (χ0v) is 10.9. The number of ether oxygens (including phenoxy) is 1. The Hall–Kier alpha value is -1.03. The highest BCUT2D eigenvalue weighted by Crippen LogP contribution is 2.21. The topological polar surface area (TPSA) is 39.1 Å². The molecule has 0 saturated heterocycles. The van der Waals surface area contributed by atoms with Crippen LogP contribution >= 0.6 is 0 Å². The fraction of sp³-hybridized carbons (Fsp3) is 0.750. The van der Waals surface area contributed by atoms with Gasteiger partial charge in [0, 0.05) is 25.4 Å². The lowest BCUT2D eigenvalue weighted by molar-refractivity contribution is 0.183. The second-order valence-electron chi connectivity index (χ2n) is 5.19. The first kappa shape index (κ1) is 13.0. The fourth-order valence-electron chi connectivity index (χ4n) is 1.19. The van der Waals surface area contributed by atoms with E-state index in [1.165, 1.54) is 0 Å². The van der Waals surface area contributed by atoms with Gasteiger partial charge in [0.1, 0.15) is 5.82 Å². The molecule has 1 N–H and O–H groups in total. The molecule has 1 atom stereocenters. The van der Waals surface area contributed by atoms with Crippen LogP contribution in [0.15, 0.2) is 12.3 Å². The van der Waals surface area contributed by atoms with Crippen LogP contribution in [-0.4, -0.2) is 29.5 Å². The summed E-state index contributed by atoms with van der Waals surface area (Å²) in [6.07, 6.45) is 1.97. The SMILES string of the molecule is COCCn1ccc(NC(C)C(C)(C)C)n1. The molecule has 1 aromatic heterocycles. The number of rotatable bonds is 5. The van der Waals surface area contributed by atoms with Gasteiger partial charge in [0.2, 0.25) is 0 Å². The highest BCUT2D eigenvalue weighted by molar-refractivity contribution is 5.33. The molecule has 1 rings (SSSR count). The lowest BCUT2D eigenvalue weighted by Crippen LogP contribution is -2.31. The van der Waals surface area contributed by atoms with Crippen LogP contribution in [0.1, 0.15) is 27.7 Å². The predicted molar refractivity (Wildman–Crippen MR) is 66.6 cm³/mol. The first-order chi connectivity index (χ1) is 7.43. The monoisotopic (exact) mass is 225 g/mol. The number of nitrogens with one attached hydrogen (secondary N) is 1. The molecule has 1 aromatic rings. The summed E-state index contributed by atoms with van der Waals surface area (Å²) in [6.45, 7) is 10.3. The van der Waals surface area contributed by atoms with Crippen molar-refractivity contribution >= 4 is 5.82 Å². The molecular weight excluding hydrogens is 202 g/mol. The van der Waals surface area contributed by atoms with Gasteiger partial charge in [-0.1, -0.05) is 20.8 Å². The van der Waals surface area contributed by atoms with E-state index in [1.807, 2.05) is 16.9 Å². The van der Waals surface area contributed by atoms with Crippen molar-refractivity contribution < 1.29 is 4.74 Å². The van der Waals surface area contributed by atoms with E-state index in [9.17, 15) is 0 Å². The maximum Gasteiger partial charge on any atom is 0.148 e. The van der Waals surface area contributed by atoms with E-state index in [0.717, 1.165) is 12.4 Å².